The first-order valence-corrected chi connectivity index (χ1v) is 17.2. The van der Waals surface area contributed by atoms with Gasteiger partial charge in [0, 0.05) is 25.6 Å². The van der Waals surface area contributed by atoms with Crippen LogP contribution in [0.25, 0.3) is 0 Å². The number of morpholine rings is 1. The highest BCUT2D eigenvalue weighted by molar-refractivity contribution is 5.33. The zero-order valence-corrected chi connectivity index (χ0v) is 27.6. The number of hydrogen-bond donors (Lipinski definition) is 3. The van der Waals surface area contributed by atoms with Crippen molar-refractivity contribution in [1.82, 2.24) is 5.32 Å². The normalized spacial score (nSPS) is 55.4. The summed E-state index contributed by atoms with van der Waals surface area (Å²) in [6, 6.07) is 0. The minimum absolute atomic E-state index is 0.0342. The Hall–Kier alpha value is -0.280. The van der Waals surface area contributed by atoms with Crippen LogP contribution in [0.1, 0.15) is 99.8 Å². The summed E-state index contributed by atoms with van der Waals surface area (Å²) >= 11 is 0. The van der Waals surface area contributed by atoms with Gasteiger partial charge in [0.2, 0.25) is 0 Å². The van der Waals surface area contributed by atoms with Gasteiger partial charge in [0.25, 0.3) is 0 Å². The topological polar surface area (TPSA) is 89.4 Å². The van der Waals surface area contributed by atoms with Gasteiger partial charge in [0.15, 0.2) is 6.29 Å². The van der Waals surface area contributed by atoms with Gasteiger partial charge in [0.1, 0.15) is 6.10 Å². The third-order valence-electron chi connectivity index (χ3n) is 15.3. The Morgan fingerprint density at radius 1 is 1.00 bits per heavy atom. The van der Waals surface area contributed by atoms with E-state index in [9.17, 15) is 10.2 Å². The van der Waals surface area contributed by atoms with Crippen LogP contribution in [0.15, 0.2) is 0 Å². The van der Waals surface area contributed by atoms with Crippen molar-refractivity contribution < 1.29 is 29.2 Å². The molecule has 7 heteroatoms. The summed E-state index contributed by atoms with van der Waals surface area (Å²) < 4.78 is 25.4. The summed E-state index contributed by atoms with van der Waals surface area (Å²) in [5.74, 6) is 1.89. The Labute approximate surface area is 254 Å². The Kier molecular flexibility index (Phi) is 6.96. The molecule has 0 aromatic rings. The Bertz CT molecular complexity index is 1050. The molecule has 7 rings (SSSR count). The number of hydrogen-bond acceptors (Lipinski definition) is 7. The number of nitrogens with one attached hydrogen (secondary N) is 1. The monoisotopic (exact) mass is 589 g/mol. The van der Waals surface area contributed by atoms with Crippen LogP contribution in [0.2, 0.25) is 0 Å². The van der Waals surface area contributed by atoms with Gasteiger partial charge in [-0.15, -0.1) is 0 Å². The first-order chi connectivity index (χ1) is 19.7. The van der Waals surface area contributed by atoms with Gasteiger partial charge < -0.3 is 34.5 Å². The highest BCUT2D eigenvalue weighted by Crippen LogP contribution is 2.89. The van der Waals surface area contributed by atoms with Crippen molar-refractivity contribution in [2.45, 2.75) is 142 Å². The molecule has 0 aromatic heterocycles. The molecule has 5 unspecified atom stereocenters. The van der Waals surface area contributed by atoms with Crippen molar-refractivity contribution in [3.63, 3.8) is 0 Å². The zero-order valence-electron chi connectivity index (χ0n) is 27.6. The van der Waals surface area contributed by atoms with Gasteiger partial charge in [-0.05, 0) is 111 Å². The lowest BCUT2D eigenvalue weighted by atomic mass is 9.41. The second-order valence-electron chi connectivity index (χ2n) is 17.5. The number of fused-ring (bicyclic) bond motifs is 4. The number of aliphatic hydroxyl groups excluding tert-OH is 1. The smallest absolute Gasteiger partial charge is 0.170 e. The van der Waals surface area contributed by atoms with Gasteiger partial charge in [0.05, 0.1) is 36.6 Å². The fraction of sp³-hybridized carbons (Fsp3) is 1.00. The van der Waals surface area contributed by atoms with Crippen LogP contribution in [0, 0.1) is 50.7 Å². The number of methoxy groups -OCH3 is 1. The van der Waals surface area contributed by atoms with Crippen molar-refractivity contribution in [1.29, 1.82) is 0 Å². The van der Waals surface area contributed by atoms with Crippen LogP contribution in [-0.4, -0.2) is 79.4 Å². The molecule has 2 saturated heterocycles. The predicted molar refractivity (Wildman–Crippen MR) is 161 cm³/mol. The van der Waals surface area contributed by atoms with E-state index in [1.807, 2.05) is 13.8 Å². The van der Waals surface area contributed by atoms with E-state index >= 15 is 0 Å². The quantitative estimate of drug-likeness (QED) is 0.420. The summed E-state index contributed by atoms with van der Waals surface area (Å²) in [7, 11) is 1.67. The molecule has 3 N–H and O–H groups in total. The molecule has 0 bridgehead atoms. The van der Waals surface area contributed by atoms with Gasteiger partial charge in [-0.3, -0.25) is 0 Å². The van der Waals surface area contributed by atoms with Crippen molar-refractivity contribution in [2.24, 2.45) is 50.7 Å². The number of ether oxygens (including phenoxy) is 4. The standard InChI is InChI=1S/C35H59NO6/c1-20-17-21(29(39-8)31(4,5)38)41-27-26(20)32(6)13-14-35-19-34(35)12-11-24(42-25-18-36-15-16-40-25)30(2,3)22(34)9-10-23(35)33(32,7)28(27)37/h20-29,36-38H,9-19H2,1-8H3/t20-,21?,22?,23?,24+,25+,26+,27?,28+,29+,32-,33-,34-,35?/m1/s1. The summed E-state index contributed by atoms with van der Waals surface area (Å²) in [5, 5.41) is 26.8. The van der Waals surface area contributed by atoms with Crippen molar-refractivity contribution in [3.05, 3.63) is 0 Å². The SMILES string of the molecule is CO[C@@H](C1C[C@@H](C)[C@H]2C(O1)[C@H](O)[C@@]1(C)C3CCC4C(C)(C)[C@@H](O[C@H]5CNCCO5)CC[C@@]45CC35CC[C@]21C)C(C)(C)O. The maximum absolute atomic E-state index is 12.5. The van der Waals surface area contributed by atoms with E-state index in [2.05, 4.69) is 39.9 Å². The van der Waals surface area contributed by atoms with Gasteiger partial charge in [-0.2, -0.15) is 0 Å². The van der Waals surface area contributed by atoms with E-state index in [1.165, 1.54) is 38.5 Å². The first kappa shape index (κ1) is 30.4. The van der Waals surface area contributed by atoms with E-state index < -0.39 is 17.8 Å². The lowest BCUT2D eigenvalue weighted by Gasteiger charge is -2.64. The Morgan fingerprint density at radius 3 is 2.38 bits per heavy atom. The molecule has 14 atom stereocenters. The van der Waals surface area contributed by atoms with Crippen molar-refractivity contribution >= 4 is 0 Å². The van der Waals surface area contributed by atoms with Crippen LogP contribution < -0.4 is 5.32 Å². The van der Waals surface area contributed by atoms with Gasteiger partial charge in [-0.25, -0.2) is 0 Å². The molecule has 0 aromatic carbocycles. The summed E-state index contributed by atoms with van der Waals surface area (Å²) in [4.78, 5) is 0. The summed E-state index contributed by atoms with van der Waals surface area (Å²) in [6.45, 7) is 18.3. The molecule has 5 aliphatic carbocycles. The molecule has 42 heavy (non-hydrogen) atoms. The second-order valence-corrected chi connectivity index (χ2v) is 17.5. The largest absolute Gasteiger partial charge is 0.390 e. The first-order valence-electron chi connectivity index (χ1n) is 17.2. The molecule has 5 saturated carbocycles. The van der Waals surface area contributed by atoms with E-state index in [0.717, 1.165) is 32.5 Å². The van der Waals surface area contributed by atoms with E-state index in [0.29, 0.717) is 34.5 Å². The Morgan fingerprint density at radius 2 is 1.71 bits per heavy atom. The maximum Gasteiger partial charge on any atom is 0.170 e. The average molecular weight is 590 g/mol. The fourth-order valence-corrected chi connectivity index (χ4v) is 13.5. The molecule has 0 radical (unpaired) electrons. The van der Waals surface area contributed by atoms with Crippen LogP contribution in [0.4, 0.5) is 0 Å². The van der Waals surface area contributed by atoms with Gasteiger partial charge in [-0.1, -0.05) is 34.6 Å². The Balaban J connectivity index is 1.16. The molecular formula is C35H59NO6. The van der Waals surface area contributed by atoms with E-state index in [-0.39, 0.29) is 40.8 Å². The number of rotatable bonds is 5. The number of aliphatic hydroxyl groups is 2. The van der Waals surface area contributed by atoms with Crippen LogP contribution in [0.3, 0.4) is 0 Å². The predicted octanol–water partition coefficient (Wildman–Crippen LogP) is 4.92. The zero-order chi connectivity index (χ0) is 30.1. The maximum atomic E-state index is 12.5. The molecule has 0 amide bonds. The highest BCUT2D eigenvalue weighted by Gasteiger charge is 2.84. The second kappa shape index (κ2) is 9.62. The molecule has 2 heterocycles. The fourth-order valence-electron chi connectivity index (χ4n) is 13.5. The molecule has 2 spiro atoms. The minimum atomic E-state index is -1.01. The van der Waals surface area contributed by atoms with E-state index in [4.69, 9.17) is 18.9 Å². The third-order valence-corrected chi connectivity index (χ3v) is 15.3. The van der Waals surface area contributed by atoms with Crippen molar-refractivity contribution in [2.75, 3.05) is 26.8 Å². The molecule has 7 fully saturated rings. The average Bonchev–Trinajstić information content (AvgIpc) is 3.55. The van der Waals surface area contributed by atoms with Crippen molar-refractivity contribution in [3.8, 4) is 0 Å². The molecular weight excluding hydrogens is 530 g/mol. The lowest BCUT2D eigenvalue weighted by Crippen LogP contribution is -2.60. The van der Waals surface area contributed by atoms with Crippen LogP contribution in [0.5, 0.6) is 0 Å². The van der Waals surface area contributed by atoms with Crippen LogP contribution >= 0.6 is 0 Å². The van der Waals surface area contributed by atoms with Gasteiger partial charge >= 0.3 is 0 Å². The third kappa shape index (κ3) is 3.77. The summed E-state index contributed by atoms with van der Waals surface area (Å²) in [6.07, 6.45) is 8.16. The molecule has 7 nitrogen and oxygen atoms in total. The lowest BCUT2D eigenvalue weighted by molar-refractivity contribution is -0.237. The van der Waals surface area contributed by atoms with E-state index in [1.54, 1.807) is 7.11 Å². The molecule has 7 aliphatic rings. The summed E-state index contributed by atoms with van der Waals surface area (Å²) in [5.41, 5.74) is -0.349. The minimum Gasteiger partial charge on any atom is -0.390 e. The highest BCUT2D eigenvalue weighted by atomic mass is 16.7. The molecule has 2 aliphatic heterocycles. The van der Waals surface area contributed by atoms with Crippen LogP contribution in [-0.2, 0) is 18.9 Å². The molecule has 240 valence electrons.